The summed E-state index contributed by atoms with van der Waals surface area (Å²) in [4.78, 5) is 26.4. The summed E-state index contributed by atoms with van der Waals surface area (Å²) in [5, 5.41) is 12.2. The van der Waals surface area contributed by atoms with Crippen LogP contribution in [0.4, 0.5) is 15.2 Å². The highest BCUT2D eigenvalue weighted by atomic mass is 32.1. The highest BCUT2D eigenvalue weighted by molar-refractivity contribution is 7.15. The lowest BCUT2D eigenvalue weighted by molar-refractivity contribution is -0.122. The van der Waals surface area contributed by atoms with Crippen LogP contribution in [-0.2, 0) is 22.4 Å². The molecule has 31 heavy (non-hydrogen) atoms. The van der Waals surface area contributed by atoms with Crippen molar-refractivity contribution in [3.8, 4) is 5.75 Å². The van der Waals surface area contributed by atoms with Crippen LogP contribution in [0.2, 0.25) is 0 Å². The fourth-order valence-electron chi connectivity index (χ4n) is 3.41. The van der Waals surface area contributed by atoms with Gasteiger partial charge in [-0.05, 0) is 48.4 Å². The third kappa shape index (κ3) is 5.05. The fraction of sp³-hybridized carbons (Fsp3) is 0.273. The molecule has 0 bridgehead atoms. The number of methoxy groups -OCH3 is 1. The van der Waals surface area contributed by atoms with Crippen LogP contribution in [0.25, 0.3) is 0 Å². The van der Waals surface area contributed by atoms with Crippen molar-refractivity contribution in [3.05, 3.63) is 64.9 Å². The molecule has 7 nitrogen and oxygen atoms in total. The van der Waals surface area contributed by atoms with E-state index in [1.54, 1.807) is 7.11 Å². The number of carbonyl (C=O) groups is 2. The number of benzene rings is 2. The number of halogens is 1. The Morgan fingerprint density at radius 2 is 1.90 bits per heavy atom. The van der Waals surface area contributed by atoms with E-state index in [1.807, 2.05) is 24.3 Å². The average molecular weight is 441 g/mol. The van der Waals surface area contributed by atoms with Gasteiger partial charge in [0.2, 0.25) is 16.9 Å². The maximum atomic E-state index is 13.1. The predicted molar refractivity (Wildman–Crippen MR) is 116 cm³/mol. The van der Waals surface area contributed by atoms with Crippen molar-refractivity contribution in [2.45, 2.75) is 19.3 Å². The Morgan fingerprint density at radius 1 is 1.16 bits per heavy atom. The van der Waals surface area contributed by atoms with E-state index in [1.165, 1.54) is 40.5 Å². The van der Waals surface area contributed by atoms with Crippen LogP contribution >= 0.6 is 11.3 Å². The first-order valence-corrected chi connectivity index (χ1v) is 10.7. The van der Waals surface area contributed by atoms with Gasteiger partial charge in [0, 0.05) is 25.1 Å². The standard InChI is InChI=1S/C22H21FN4O3S/c1-30-18-9-2-14(3-10-18)4-11-19-25-26-22(31-19)24-21(29)15-12-20(28)27(13-15)17-7-5-16(23)6-8-17/h2-3,5-10,15H,4,11-13H2,1H3,(H,24,26,29)/t15-/m0/s1. The maximum Gasteiger partial charge on any atom is 0.231 e. The largest absolute Gasteiger partial charge is 0.497 e. The highest BCUT2D eigenvalue weighted by Crippen LogP contribution is 2.27. The van der Waals surface area contributed by atoms with Crippen molar-refractivity contribution < 1.29 is 18.7 Å². The predicted octanol–water partition coefficient (Wildman–Crippen LogP) is 3.46. The average Bonchev–Trinajstić information content (AvgIpc) is 3.39. The lowest BCUT2D eigenvalue weighted by Crippen LogP contribution is -2.28. The molecule has 2 aromatic carbocycles. The number of amides is 2. The molecule has 1 fully saturated rings. The van der Waals surface area contributed by atoms with E-state index in [4.69, 9.17) is 4.74 Å². The molecule has 4 rings (SSSR count). The van der Waals surface area contributed by atoms with Crippen molar-refractivity contribution >= 4 is 34.0 Å². The summed E-state index contributed by atoms with van der Waals surface area (Å²) in [6.45, 7) is 0.249. The minimum absolute atomic E-state index is 0.104. The number of hydrogen-bond donors (Lipinski definition) is 1. The van der Waals surface area contributed by atoms with Crippen LogP contribution in [-0.4, -0.2) is 35.7 Å². The van der Waals surface area contributed by atoms with E-state index in [0.29, 0.717) is 17.2 Å². The smallest absolute Gasteiger partial charge is 0.231 e. The van der Waals surface area contributed by atoms with Crippen molar-refractivity contribution in [1.29, 1.82) is 0 Å². The second kappa shape index (κ2) is 9.22. The topological polar surface area (TPSA) is 84.4 Å². The van der Waals surface area contributed by atoms with E-state index in [2.05, 4.69) is 15.5 Å². The molecule has 1 aromatic heterocycles. The molecule has 1 N–H and O–H groups in total. The molecule has 1 saturated heterocycles. The number of nitrogens with zero attached hydrogens (tertiary/aromatic N) is 3. The Kier molecular flexibility index (Phi) is 6.22. The second-order valence-corrected chi connectivity index (χ2v) is 8.28. The van der Waals surface area contributed by atoms with Crippen LogP contribution < -0.4 is 15.0 Å². The SMILES string of the molecule is COc1ccc(CCc2nnc(NC(=O)[C@H]3CC(=O)N(c4ccc(F)cc4)C3)s2)cc1. The molecule has 2 amide bonds. The molecule has 160 valence electrons. The van der Waals surface area contributed by atoms with Crippen molar-refractivity contribution in [2.24, 2.45) is 5.92 Å². The summed E-state index contributed by atoms with van der Waals surface area (Å²) in [5.41, 5.74) is 1.74. The minimum Gasteiger partial charge on any atom is -0.497 e. The third-order valence-electron chi connectivity index (χ3n) is 5.12. The van der Waals surface area contributed by atoms with Gasteiger partial charge in [0.25, 0.3) is 0 Å². The van der Waals surface area contributed by atoms with Crippen LogP contribution in [0.15, 0.2) is 48.5 Å². The summed E-state index contributed by atoms with van der Waals surface area (Å²) in [6.07, 6.45) is 1.61. The summed E-state index contributed by atoms with van der Waals surface area (Å²) in [6, 6.07) is 13.5. The van der Waals surface area contributed by atoms with Crippen molar-refractivity contribution in [2.75, 3.05) is 23.9 Å². The molecule has 0 aliphatic carbocycles. The normalized spacial score (nSPS) is 15.9. The number of carbonyl (C=O) groups excluding carboxylic acids is 2. The molecule has 0 radical (unpaired) electrons. The van der Waals surface area contributed by atoms with Gasteiger partial charge >= 0.3 is 0 Å². The first-order valence-electron chi connectivity index (χ1n) is 9.84. The lowest BCUT2D eigenvalue weighted by Gasteiger charge is -2.16. The summed E-state index contributed by atoms with van der Waals surface area (Å²) >= 11 is 1.33. The number of ether oxygens (including phenoxy) is 1. The molecule has 2 heterocycles. The Labute approximate surface area is 182 Å². The Bertz CT molecular complexity index is 1070. The van der Waals surface area contributed by atoms with Gasteiger partial charge in [-0.25, -0.2) is 4.39 Å². The third-order valence-corrected chi connectivity index (χ3v) is 6.02. The molecular formula is C22H21FN4O3S. The molecular weight excluding hydrogens is 419 g/mol. The molecule has 3 aromatic rings. The maximum absolute atomic E-state index is 13.1. The Hall–Kier alpha value is -3.33. The number of aromatic nitrogens is 2. The lowest BCUT2D eigenvalue weighted by atomic mass is 10.1. The minimum atomic E-state index is -0.496. The van der Waals surface area contributed by atoms with Crippen LogP contribution in [0.3, 0.4) is 0 Å². The van der Waals surface area contributed by atoms with Gasteiger partial charge in [-0.3, -0.25) is 9.59 Å². The molecule has 0 unspecified atom stereocenters. The van der Waals surface area contributed by atoms with Gasteiger partial charge in [0.15, 0.2) is 0 Å². The monoisotopic (exact) mass is 440 g/mol. The first kappa shape index (κ1) is 20.9. The van der Waals surface area contributed by atoms with Crippen molar-refractivity contribution in [1.82, 2.24) is 10.2 Å². The summed E-state index contributed by atoms with van der Waals surface area (Å²) < 4.78 is 18.3. The molecule has 0 spiro atoms. The zero-order valence-electron chi connectivity index (χ0n) is 16.9. The van der Waals surface area contributed by atoms with Gasteiger partial charge in [0.05, 0.1) is 13.0 Å². The fourth-order valence-corrected chi connectivity index (χ4v) is 4.15. The van der Waals surface area contributed by atoms with Crippen molar-refractivity contribution in [3.63, 3.8) is 0 Å². The van der Waals surface area contributed by atoms with Crippen LogP contribution in [0.5, 0.6) is 5.75 Å². The highest BCUT2D eigenvalue weighted by Gasteiger charge is 2.35. The number of aryl methyl sites for hydroxylation is 2. The van der Waals surface area contributed by atoms with E-state index in [9.17, 15) is 14.0 Å². The van der Waals surface area contributed by atoms with Gasteiger partial charge in [-0.15, -0.1) is 10.2 Å². The molecule has 0 saturated carbocycles. The van der Waals surface area contributed by atoms with Crippen LogP contribution in [0, 0.1) is 11.7 Å². The Balaban J connectivity index is 1.31. The van der Waals surface area contributed by atoms with Crippen LogP contribution in [0.1, 0.15) is 17.0 Å². The summed E-state index contributed by atoms with van der Waals surface area (Å²) in [7, 11) is 1.63. The van der Waals surface area contributed by atoms with Gasteiger partial charge in [0.1, 0.15) is 16.6 Å². The Morgan fingerprint density at radius 3 is 2.61 bits per heavy atom. The zero-order chi connectivity index (χ0) is 21.8. The second-order valence-electron chi connectivity index (χ2n) is 7.22. The van der Waals surface area contributed by atoms with E-state index in [0.717, 1.165) is 22.7 Å². The van der Waals surface area contributed by atoms with E-state index < -0.39 is 5.92 Å². The van der Waals surface area contributed by atoms with Gasteiger partial charge < -0.3 is 15.0 Å². The number of nitrogens with one attached hydrogen (secondary N) is 1. The summed E-state index contributed by atoms with van der Waals surface area (Å²) in [5.74, 6) is -0.485. The first-order chi connectivity index (χ1) is 15.0. The number of rotatable bonds is 7. The van der Waals surface area contributed by atoms with E-state index in [-0.39, 0.29) is 30.6 Å². The van der Waals surface area contributed by atoms with Gasteiger partial charge in [-0.2, -0.15) is 0 Å². The van der Waals surface area contributed by atoms with Gasteiger partial charge in [-0.1, -0.05) is 23.5 Å². The molecule has 9 heteroatoms. The quantitative estimate of drug-likeness (QED) is 0.608. The zero-order valence-corrected chi connectivity index (χ0v) is 17.7. The van der Waals surface area contributed by atoms with E-state index >= 15 is 0 Å². The molecule has 1 aliphatic heterocycles. The molecule has 1 aliphatic rings. The number of anilines is 2. The number of hydrogen-bond acceptors (Lipinski definition) is 6. The molecule has 1 atom stereocenters.